The Morgan fingerprint density at radius 2 is 1.64 bits per heavy atom. The first-order valence-corrected chi connectivity index (χ1v) is 16.0. The molecule has 0 bridgehead atoms. The van der Waals surface area contributed by atoms with E-state index in [1.165, 1.54) is 17.0 Å². The topological polar surface area (TPSA) is 130 Å². The third-order valence-corrected chi connectivity index (χ3v) is 8.23. The molecule has 0 spiro atoms. The Hall–Kier alpha value is -3.77. The summed E-state index contributed by atoms with van der Waals surface area (Å²) in [5.41, 5.74) is 1.71. The molecule has 0 aliphatic rings. The SMILES string of the molecule is Cc1ccc([N+](=O)[O-])cc1N(CC(=O)N(Cc1ccc(Br)cc1)[C@H](Cc1ccccc1)C(=O)NCC(C)C)S(C)(=O)=O. The summed E-state index contributed by atoms with van der Waals surface area (Å²) in [6, 6.07) is 19.4. The molecular formula is C30H35BrN4O6S. The molecule has 0 radical (unpaired) electrons. The van der Waals surface area contributed by atoms with Crippen LogP contribution in [-0.4, -0.2) is 55.4 Å². The Labute approximate surface area is 255 Å². The summed E-state index contributed by atoms with van der Waals surface area (Å²) in [4.78, 5) is 40.0. The van der Waals surface area contributed by atoms with Gasteiger partial charge in [-0.05, 0) is 41.7 Å². The lowest BCUT2D eigenvalue weighted by Crippen LogP contribution is -2.53. The Morgan fingerprint density at radius 1 is 1.00 bits per heavy atom. The van der Waals surface area contributed by atoms with E-state index in [-0.39, 0.29) is 36.2 Å². The Bertz CT molecular complexity index is 1510. The summed E-state index contributed by atoms with van der Waals surface area (Å²) in [5.74, 6) is -0.829. The van der Waals surface area contributed by atoms with Crippen molar-refractivity contribution in [2.24, 2.45) is 5.92 Å². The maximum absolute atomic E-state index is 14.1. The fourth-order valence-corrected chi connectivity index (χ4v) is 5.50. The second-order valence-electron chi connectivity index (χ2n) is 10.5. The van der Waals surface area contributed by atoms with Gasteiger partial charge < -0.3 is 10.2 Å². The molecule has 0 heterocycles. The molecule has 0 aliphatic carbocycles. The Balaban J connectivity index is 2.09. The molecule has 42 heavy (non-hydrogen) atoms. The Morgan fingerprint density at radius 3 is 2.21 bits per heavy atom. The van der Waals surface area contributed by atoms with E-state index in [9.17, 15) is 28.1 Å². The number of benzene rings is 3. The Kier molecular flexibility index (Phi) is 11.2. The summed E-state index contributed by atoms with van der Waals surface area (Å²) < 4.78 is 27.7. The van der Waals surface area contributed by atoms with Gasteiger partial charge in [0.05, 0.1) is 16.9 Å². The summed E-state index contributed by atoms with van der Waals surface area (Å²) in [5, 5.41) is 14.4. The molecule has 1 N–H and O–H groups in total. The van der Waals surface area contributed by atoms with Crippen LogP contribution < -0.4 is 9.62 Å². The number of carbonyl (C=O) groups excluding carboxylic acids is 2. The molecule has 0 saturated heterocycles. The molecule has 224 valence electrons. The van der Waals surface area contributed by atoms with Crippen LogP contribution in [0.25, 0.3) is 0 Å². The molecule has 10 nitrogen and oxygen atoms in total. The van der Waals surface area contributed by atoms with Crippen molar-refractivity contribution < 1.29 is 22.9 Å². The number of hydrogen-bond donors (Lipinski definition) is 1. The number of hydrogen-bond acceptors (Lipinski definition) is 6. The number of non-ortho nitro benzene ring substituents is 1. The molecule has 0 saturated carbocycles. The van der Waals surface area contributed by atoms with Crippen molar-refractivity contribution >= 4 is 49.1 Å². The molecular weight excluding hydrogens is 624 g/mol. The van der Waals surface area contributed by atoms with Crippen LogP contribution in [0.1, 0.15) is 30.5 Å². The predicted molar refractivity (Wildman–Crippen MR) is 166 cm³/mol. The van der Waals surface area contributed by atoms with Gasteiger partial charge in [0.1, 0.15) is 12.6 Å². The zero-order valence-electron chi connectivity index (χ0n) is 24.0. The van der Waals surface area contributed by atoms with Gasteiger partial charge in [0, 0.05) is 36.1 Å². The van der Waals surface area contributed by atoms with E-state index >= 15 is 0 Å². The van der Waals surface area contributed by atoms with E-state index < -0.39 is 33.4 Å². The van der Waals surface area contributed by atoms with Crippen molar-refractivity contribution in [1.82, 2.24) is 10.2 Å². The van der Waals surface area contributed by atoms with Gasteiger partial charge >= 0.3 is 0 Å². The fraction of sp³-hybridized carbons (Fsp3) is 0.333. The molecule has 0 aliphatic heterocycles. The van der Waals surface area contributed by atoms with Crippen LogP contribution in [0.4, 0.5) is 11.4 Å². The molecule has 2 amide bonds. The standard InChI is InChI=1S/C30H35BrN4O6S/c1-21(2)18-32-30(37)28(16-23-8-6-5-7-9-23)33(19-24-11-13-25(31)14-12-24)29(36)20-34(42(4,40)41)27-17-26(35(38)39)15-10-22(27)3/h5-15,17,21,28H,16,18-20H2,1-4H3,(H,32,37)/t28-/m1/s1. The fourth-order valence-electron chi connectivity index (χ4n) is 4.34. The van der Waals surface area contributed by atoms with Gasteiger partial charge in [0.2, 0.25) is 21.8 Å². The maximum atomic E-state index is 14.1. The van der Waals surface area contributed by atoms with E-state index in [2.05, 4.69) is 21.2 Å². The average molecular weight is 660 g/mol. The largest absolute Gasteiger partial charge is 0.354 e. The quantitative estimate of drug-likeness (QED) is 0.207. The van der Waals surface area contributed by atoms with Crippen LogP contribution in [0.15, 0.2) is 77.3 Å². The first kappa shape index (κ1) is 32.7. The highest BCUT2D eigenvalue weighted by molar-refractivity contribution is 9.10. The summed E-state index contributed by atoms with van der Waals surface area (Å²) in [6.45, 7) is 5.31. The number of halogens is 1. The molecule has 0 unspecified atom stereocenters. The van der Waals surface area contributed by atoms with Gasteiger partial charge in [-0.15, -0.1) is 0 Å². The minimum atomic E-state index is -4.06. The number of carbonyl (C=O) groups is 2. The summed E-state index contributed by atoms with van der Waals surface area (Å²) in [7, 11) is -4.06. The van der Waals surface area contributed by atoms with E-state index in [0.29, 0.717) is 12.1 Å². The smallest absolute Gasteiger partial charge is 0.271 e. The third kappa shape index (κ3) is 9.12. The van der Waals surface area contributed by atoms with Crippen LogP contribution in [0.5, 0.6) is 0 Å². The average Bonchev–Trinajstić information content (AvgIpc) is 2.93. The van der Waals surface area contributed by atoms with Crippen molar-refractivity contribution in [3.05, 3.63) is 104 Å². The zero-order valence-corrected chi connectivity index (χ0v) is 26.4. The minimum Gasteiger partial charge on any atom is -0.354 e. The lowest BCUT2D eigenvalue weighted by atomic mass is 10.0. The number of amides is 2. The lowest BCUT2D eigenvalue weighted by Gasteiger charge is -2.34. The van der Waals surface area contributed by atoms with Crippen LogP contribution in [-0.2, 0) is 32.6 Å². The molecule has 0 fully saturated rings. The first-order chi connectivity index (χ1) is 19.8. The maximum Gasteiger partial charge on any atom is 0.271 e. The number of rotatable bonds is 13. The van der Waals surface area contributed by atoms with Crippen LogP contribution in [0.3, 0.4) is 0 Å². The van der Waals surface area contributed by atoms with Crippen molar-refractivity contribution in [1.29, 1.82) is 0 Å². The van der Waals surface area contributed by atoms with Crippen LogP contribution in [0, 0.1) is 23.0 Å². The highest BCUT2D eigenvalue weighted by Crippen LogP contribution is 2.28. The number of nitrogens with one attached hydrogen (secondary N) is 1. The minimum absolute atomic E-state index is 0.0208. The van der Waals surface area contributed by atoms with Gasteiger partial charge in [-0.25, -0.2) is 8.42 Å². The highest BCUT2D eigenvalue weighted by atomic mass is 79.9. The van der Waals surface area contributed by atoms with Crippen LogP contribution in [0.2, 0.25) is 0 Å². The van der Waals surface area contributed by atoms with Crippen LogP contribution >= 0.6 is 15.9 Å². The van der Waals surface area contributed by atoms with Crippen molar-refractivity contribution in [3.63, 3.8) is 0 Å². The summed E-state index contributed by atoms with van der Waals surface area (Å²) in [6.07, 6.45) is 1.14. The zero-order chi connectivity index (χ0) is 31.0. The van der Waals surface area contributed by atoms with Gasteiger partial charge in [0.25, 0.3) is 5.69 Å². The lowest BCUT2D eigenvalue weighted by molar-refractivity contribution is -0.384. The van der Waals surface area contributed by atoms with E-state index in [1.807, 2.05) is 68.4 Å². The number of sulfonamides is 1. The van der Waals surface area contributed by atoms with Gasteiger partial charge in [-0.2, -0.15) is 0 Å². The van der Waals surface area contributed by atoms with Gasteiger partial charge in [-0.3, -0.25) is 24.0 Å². The monoisotopic (exact) mass is 658 g/mol. The number of nitro groups is 1. The molecule has 0 aromatic heterocycles. The second kappa shape index (κ2) is 14.4. The predicted octanol–water partition coefficient (Wildman–Crippen LogP) is 4.84. The van der Waals surface area contributed by atoms with Gasteiger partial charge in [-0.1, -0.05) is 78.3 Å². The normalized spacial score (nSPS) is 12.0. The van der Waals surface area contributed by atoms with Gasteiger partial charge in [0.15, 0.2) is 0 Å². The number of aryl methyl sites for hydroxylation is 1. The molecule has 12 heteroatoms. The van der Waals surface area contributed by atoms with E-state index in [0.717, 1.165) is 32.2 Å². The molecule has 1 atom stereocenters. The van der Waals surface area contributed by atoms with Crippen molar-refractivity contribution in [2.45, 2.75) is 39.8 Å². The van der Waals surface area contributed by atoms with Crippen molar-refractivity contribution in [2.75, 3.05) is 23.7 Å². The molecule has 3 rings (SSSR count). The first-order valence-electron chi connectivity index (χ1n) is 13.3. The van der Waals surface area contributed by atoms with E-state index in [1.54, 1.807) is 6.92 Å². The molecule has 3 aromatic rings. The highest BCUT2D eigenvalue weighted by Gasteiger charge is 2.33. The summed E-state index contributed by atoms with van der Waals surface area (Å²) >= 11 is 3.41. The van der Waals surface area contributed by atoms with E-state index in [4.69, 9.17) is 0 Å². The third-order valence-electron chi connectivity index (χ3n) is 6.57. The molecule has 3 aromatic carbocycles. The number of nitro benzene ring substituents is 1. The second-order valence-corrected chi connectivity index (χ2v) is 13.3. The number of anilines is 1. The number of nitrogens with zero attached hydrogens (tertiary/aromatic N) is 3. The van der Waals surface area contributed by atoms with Crippen molar-refractivity contribution in [3.8, 4) is 0 Å².